The van der Waals surface area contributed by atoms with Gasteiger partial charge >= 0.3 is 0 Å². The van der Waals surface area contributed by atoms with Crippen LogP contribution >= 0.6 is 11.6 Å². The summed E-state index contributed by atoms with van der Waals surface area (Å²) in [5.41, 5.74) is 1.50. The average Bonchev–Trinajstić information content (AvgIpc) is 2.53. The van der Waals surface area contributed by atoms with Crippen LogP contribution in [0.5, 0.6) is 5.75 Å². The Balaban J connectivity index is 1.67. The van der Waals surface area contributed by atoms with Crippen molar-refractivity contribution in [2.75, 3.05) is 19.0 Å². The second-order valence-corrected chi connectivity index (χ2v) is 7.14. The van der Waals surface area contributed by atoms with Crippen molar-refractivity contribution in [2.45, 2.75) is 50.5 Å². The number of nitrogens with one attached hydrogen (secondary N) is 1. The first-order valence-corrected chi connectivity index (χ1v) is 8.79. The van der Waals surface area contributed by atoms with E-state index in [1.54, 1.807) is 0 Å². The van der Waals surface area contributed by atoms with Crippen molar-refractivity contribution in [3.05, 3.63) is 29.8 Å². The largest absolute Gasteiger partial charge is 0.493 e. The van der Waals surface area contributed by atoms with Crippen LogP contribution in [0.25, 0.3) is 0 Å². The quantitative estimate of drug-likeness (QED) is 0.836. The van der Waals surface area contributed by atoms with Gasteiger partial charge in [-0.3, -0.25) is 0 Å². The molecule has 0 bridgehead atoms. The minimum Gasteiger partial charge on any atom is -0.493 e. The molecule has 0 saturated heterocycles. The predicted octanol–water partition coefficient (Wildman–Crippen LogP) is 4.33. The maximum Gasteiger partial charge on any atom is 0.122 e. The Morgan fingerprint density at radius 1 is 1.33 bits per heavy atom. The average molecular weight is 308 g/mol. The van der Waals surface area contributed by atoms with Crippen molar-refractivity contribution in [1.29, 1.82) is 0 Å². The second-order valence-electron chi connectivity index (χ2n) is 6.87. The monoisotopic (exact) mass is 307 g/mol. The number of para-hydroxylation sites is 1. The zero-order valence-electron chi connectivity index (χ0n) is 12.9. The Morgan fingerprint density at radius 2 is 2.19 bits per heavy atom. The fourth-order valence-electron chi connectivity index (χ4n) is 3.96. The summed E-state index contributed by atoms with van der Waals surface area (Å²) < 4.78 is 5.76. The van der Waals surface area contributed by atoms with E-state index < -0.39 is 0 Å². The third-order valence-corrected chi connectivity index (χ3v) is 5.67. The number of alkyl halides is 1. The molecule has 3 heteroatoms. The number of fused-ring (bicyclic) bond motifs is 1. The molecule has 21 heavy (non-hydrogen) atoms. The van der Waals surface area contributed by atoms with E-state index in [1.807, 2.05) is 0 Å². The van der Waals surface area contributed by atoms with Crippen LogP contribution in [0, 0.1) is 5.92 Å². The van der Waals surface area contributed by atoms with Crippen LogP contribution in [0.2, 0.25) is 0 Å². The first-order valence-electron chi connectivity index (χ1n) is 8.25. The first-order chi connectivity index (χ1) is 10.2. The SMILES string of the molecule is CC1CCCC(CCl)(NCC2CCOc3ccccc32)C1. The highest BCUT2D eigenvalue weighted by molar-refractivity contribution is 6.18. The zero-order chi connectivity index (χ0) is 14.7. The highest BCUT2D eigenvalue weighted by atomic mass is 35.5. The lowest BCUT2D eigenvalue weighted by atomic mass is 9.77. The van der Waals surface area contributed by atoms with Gasteiger partial charge in [0.25, 0.3) is 0 Å². The van der Waals surface area contributed by atoms with E-state index in [-0.39, 0.29) is 5.54 Å². The van der Waals surface area contributed by atoms with Crippen LogP contribution in [-0.2, 0) is 0 Å². The first kappa shape index (κ1) is 15.2. The van der Waals surface area contributed by atoms with Gasteiger partial charge in [-0.05, 0) is 36.8 Å². The summed E-state index contributed by atoms with van der Waals surface area (Å²) in [5, 5.41) is 3.84. The minimum atomic E-state index is 0.145. The Labute approximate surface area is 133 Å². The molecule has 1 aliphatic carbocycles. The molecule has 1 aromatic carbocycles. The van der Waals surface area contributed by atoms with E-state index in [9.17, 15) is 0 Å². The highest BCUT2D eigenvalue weighted by Crippen LogP contribution is 2.36. The van der Waals surface area contributed by atoms with Crippen LogP contribution in [0.3, 0.4) is 0 Å². The molecule has 0 aromatic heterocycles. The second kappa shape index (κ2) is 6.58. The lowest BCUT2D eigenvalue weighted by Gasteiger charge is -2.41. The Morgan fingerprint density at radius 3 is 3.00 bits per heavy atom. The summed E-state index contributed by atoms with van der Waals surface area (Å²) in [6, 6.07) is 8.46. The van der Waals surface area contributed by atoms with E-state index in [1.165, 1.54) is 31.2 Å². The third kappa shape index (κ3) is 3.37. The van der Waals surface area contributed by atoms with Gasteiger partial charge < -0.3 is 10.1 Å². The number of benzene rings is 1. The van der Waals surface area contributed by atoms with Gasteiger partial charge in [-0.1, -0.05) is 38.0 Å². The molecule has 3 atom stereocenters. The molecular formula is C18H26ClNO. The molecule has 1 aromatic rings. The molecule has 1 saturated carbocycles. The molecular weight excluding hydrogens is 282 g/mol. The van der Waals surface area contributed by atoms with Crippen molar-refractivity contribution >= 4 is 11.6 Å². The molecule has 2 nitrogen and oxygen atoms in total. The van der Waals surface area contributed by atoms with E-state index in [0.717, 1.165) is 37.1 Å². The normalized spacial score (nSPS) is 32.3. The van der Waals surface area contributed by atoms with Gasteiger partial charge in [-0.2, -0.15) is 0 Å². The summed E-state index contributed by atoms with van der Waals surface area (Å²) in [6.45, 7) is 4.19. The zero-order valence-corrected chi connectivity index (χ0v) is 13.7. The maximum atomic E-state index is 6.33. The summed E-state index contributed by atoms with van der Waals surface area (Å²) in [7, 11) is 0. The molecule has 1 heterocycles. The van der Waals surface area contributed by atoms with Gasteiger partial charge in [0, 0.05) is 23.9 Å². The number of hydrogen-bond acceptors (Lipinski definition) is 2. The van der Waals surface area contributed by atoms with Gasteiger partial charge in [0.15, 0.2) is 0 Å². The van der Waals surface area contributed by atoms with Crippen molar-refractivity contribution in [3.63, 3.8) is 0 Å². The Hall–Kier alpha value is -0.730. The van der Waals surface area contributed by atoms with Crippen LogP contribution in [0.4, 0.5) is 0 Å². The number of rotatable bonds is 4. The number of halogens is 1. The van der Waals surface area contributed by atoms with Crippen molar-refractivity contribution in [1.82, 2.24) is 5.32 Å². The van der Waals surface area contributed by atoms with E-state index in [0.29, 0.717) is 5.92 Å². The van der Waals surface area contributed by atoms with Crippen LogP contribution < -0.4 is 10.1 Å². The molecule has 3 unspecified atom stereocenters. The fraction of sp³-hybridized carbons (Fsp3) is 0.667. The van der Waals surface area contributed by atoms with Crippen molar-refractivity contribution < 1.29 is 4.74 Å². The van der Waals surface area contributed by atoms with Crippen molar-refractivity contribution in [3.8, 4) is 5.75 Å². The Kier molecular flexibility index (Phi) is 4.75. The lowest BCUT2D eigenvalue weighted by Crippen LogP contribution is -2.51. The van der Waals surface area contributed by atoms with Gasteiger partial charge in [0.1, 0.15) is 5.75 Å². The smallest absolute Gasteiger partial charge is 0.122 e. The molecule has 2 aliphatic rings. The summed E-state index contributed by atoms with van der Waals surface area (Å²) in [6.07, 6.45) is 6.16. The summed E-state index contributed by atoms with van der Waals surface area (Å²) in [5.74, 6) is 3.12. The number of hydrogen-bond donors (Lipinski definition) is 1. The van der Waals surface area contributed by atoms with Crippen molar-refractivity contribution in [2.24, 2.45) is 5.92 Å². The third-order valence-electron chi connectivity index (χ3n) is 5.15. The van der Waals surface area contributed by atoms with Crippen LogP contribution in [-0.4, -0.2) is 24.6 Å². The van der Waals surface area contributed by atoms with Gasteiger partial charge in [-0.25, -0.2) is 0 Å². The fourth-order valence-corrected chi connectivity index (χ4v) is 4.29. The maximum absolute atomic E-state index is 6.33. The molecule has 3 rings (SSSR count). The van der Waals surface area contributed by atoms with Gasteiger partial charge in [0.2, 0.25) is 0 Å². The van der Waals surface area contributed by atoms with Crippen LogP contribution in [0.1, 0.15) is 50.5 Å². The van der Waals surface area contributed by atoms with Gasteiger partial charge in [0.05, 0.1) is 6.61 Å². The topological polar surface area (TPSA) is 21.3 Å². The number of ether oxygens (including phenoxy) is 1. The molecule has 0 radical (unpaired) electrons. The highest BCUT2D eigenvalue weighted by Gasteiger charge is 2.34. The molecule has 116 valence electrons. The lowest BCUT2D eigenvalue weighted by molar-refractivity contribution is 0.196. The summed E-state index contributed by atoms with van der Waals surface area (Å²) >= 11 is 6.33. The molecule has 1 aliphatic heterocycles. The van der Waals surface area contributed by atoms with E-state index >= 15 is 0 Å². The molecule has 0 spiro atoms. The van der Waals surface area contributed by atoms with Gasteiger partial charge in [-0.15, -0.1) is 11.6 Å². The predicted molar refractivity (Wildman–Crippen MR) is 88.4 cm³/mol. The standard InChI is InChI=1S/C18H26ClNO/c1-14-5-4-9-18(11-14,13-19)20-12-15-8-10-21-17-7-3-2-6-16(15)17/h2-3,6-7,14-15,20H,4-5,8-13H2,1H3. The molecule has 0 amide bonds. The van der Waals surface area contributed by atoms with E-state index in [2.05, 4.69) is 36.5 Å². The van der Waals surface area contributed by atoms with Crippen LogP contribution in [0.15, 0.2) is 24.3 Å². The minimum absolute atomic E-state index is 0.145. The molecule has 1 N–H and O–H groups in total. The molecule has 1 fully saturated rings. The Bertz CT molecular complexity index is 478. The summed E-state index contributed by atoms with van der Waals surface area (Å²) in [4.78, 5) is 0. The van der Waals surface area contributed by atoms with E-state index in [4.69, 9.17) is 16.3 Å².